The van der Waals surface area contributed by atoms with Gasteiger partial charge >= 0.3 is 0 Å². The van der Waals surface area contributed by atoms with E-state index in [9.17, 15) is 0 Å². The minimum absolute atomic E-state index is 0.0509. The lowest BCUT2D eigenvalue weighted by atomic mass is 10.5. The van der Waals surface area contributed by atoms with Crippen LogP contribution in [0.3, 0.4) is 0 Å². The second kappa shape index (κ2) is 4.13. The fourth-order valence-electron chi connectivity index (χ4n) is 0.297. The average Bonchev–Trinajstić information content (AvgIpc) is 1.68. The van der Waals surface area contributed by atoms with Crippen molar-refractivity contribution in [3.8, 4) is 6.07 Å². The first kappa shape index (κ1) is 6.96. The van der Waals surface area contributed by atoms with Crippen LogP contribution in [-0.2, 0) is 4.74 Å². The summed E-state index contributed by atoms with van der Waals surface area (Å²) in [6.07, 6.45) is 0.0772. The molecule has 0 unspecified atom stereocenters. The molecular formula is C5H8N2O. The molecule has 3 heteroatoms. The quantitative estimate of drug-likeness (QED) is 0.426. The standard InChI is InChI=1S/C5H8N2O/c1-2-8-5(7)3-4-6/h7H,2-3H2,1H3. The highest BCUT2D eigenvalue weighted by molar-refractivity contribution is 5.74. The largest absolute Gasteiger partial charge is 0.481 e. The maximum absolute atomic E-state index is 7.99. The molecule has 0 aromatic heterocycles. The molecule has 0 aromatic carbocycles. The molecule has 0 bridgehead atoms. The van der Waals surface area contributed by atoms with Crippen molar-refractivity contribution in [2.45, 2.75) is 13.3 Å². The highest BCUT2D eigenvalue weighted by atomic mass is 16.5. The lowest BCUT2D eigenvalue weighted by Crippen LogP contribution is -2.00. The molecule has 3 nitrogen and oxygen atoms in total. The van der Waals surface area contributed by atoms with E-state index in [-0.39, 0.29) is 12.3 Å². The fraction of sp³-hybridized carbons (Fsp3) is 0.600. The predicted octanol–water partition coefficient (Wildman–Crippen LogP) is 0.914. The molecule has 0 saturated carbocycles. The van der Waals surface area contributed by atoms with Gasteiger partial charge in [0, 0.05) is 0 Å². The van der Waals surface area contributed by atoms with Gasteiger partial charge in [0.25, 0.3) is 0 Å². The Morgan fingerprint density at radius 3 is 2.88 bits per heavy atom. The molecule has 0 aliphatic carbocycles. The minimum Gasteiger partial charge on any atom is -0.481 e. The molecule has 0 aliphatic heterocycles. The summed E-state index contributed by atoms with van der Waals surface area (Å²) in [4.78, 5) is 0. The van der Waals surface area contributed by atoms with E-state index in [1.165, 1.54) is 0 Å². The first-order valence-corrected chi connectivity index (χ1v) is 2.38. The first-order valence-electron chi connectivity index (χ1n) is 2.38. The van der Waals surface area contributed by atoms with Crippen molar-refractivity contribution >= 4 is 5.90 Å². The second-order valence-electron chi connectivity index (χ2n) is 1.19. The van der Waals surface area contributed by atoms with Gasteiger partial charge < -0.3 is 4.74 Å². The molecule has 0 saturated heterocycles. The topological polar surface area (TPSA) is 56.9 Å². The van der Waals surface area contributed by atoms with E-state index in [4.69, 9.17) is 10.7 Å². The summed E-state index contributed by atoms with van der Waals surface area (Å²) in [6, 6.07) is 1.80. The molecule has 0 radical (unpaired) electrons. The van der Waals surface area contributed by atoms with Crippen LogP contribution in [0, 0.1) is 16.7 Å². The molecule has 0 heterocycles. The molecule has 0 aromatic rings. The average molecular weight is 112 g/mol. The minimum atomic E-state index is 0.0509. The van der Waals surface area contributed by atoms with Crippen LogP contribution in [0.4, 0.5) is 0 Å². The maximum Gasteiger partial charge on any atom is 0.194 e. The van der Waals surface area contributed by atoms with Crippen LogP contribution in [0.2, 0.25) is 0 Å². The summed E-state index contributed by atoms with van der Waals surface area (Å²) in [5, 5.41) is 14.8. The molecule has 0 atom stereocenters. The van der Waals surface area contributed by atoms with Gasteiger partial charge in [0.05, 0.1) is 12.7 Å². The highest BCUT2D eigenvalue weighted by Gasteiger charge is 1.90. The Morgan fingerprint density at radius 1 is 1.88 bits per heavy atom. The Bertz CT molecular complexity index is 114. The number of hydrogen-bond donors (Lipinski definition) is 1. The van der Waals surface area contributed by atoms with Crippen molar-refractivity contribution in [3.63, 3.8) is 0 Å². The van der Waals surface area contributed by atoms with Gasteiger partial charge in [-0.2, -0.15) is 5.26 Å². The van der Waals surface area contributed by atoms with E-state index in [0.29, 0.717) is 6.61 Å². The third kappa shape index (κ3) is 3.16. The SMILES string of the molecule is CCOC(=N)CC#N. The zero-order valence-corrected chi connectivity index (χ0v) is 4.77. The Labute approximate surface area is 48.4 Å². The molecule has 0 aliphatic rings. The van der Waals surface area contributed by atoms with E-state index >= 15 is 0 Å². The summed E-state index contributed by atoms with van der Waals surface area (Å²) >= 11 is 0. The van der Waals surface area contributed by atoms with Gasteiger partial charge in [0.2, 0.25) is 0 Å². The van der Waals surface area contributed by atoms with E-state index < -0.39 is 0 Å². The summed E-state index contributed by atoms with van der Waals surface area (Å²) in [5.41, 5.74) is 0. The number of rotatable bonds is 2. The molecule has 0 fully saturated rings. The predicted molar refractivity (Wildman–Crippen MR) is 29.6 cm³/mol. The zero-order valence-electron chi connectivity index (χ0n) is 4.77. The number of hydrogen-bond acceptors (Lipinski definition) is 3. The Hall–Kier alpha value is -1.04. The van der Waals surface area contributed by atoms with E-state index in [2.05, 4.69) is 4.74 Å². The van der Waals surface area contributed by atoms with Gasteiger partial charge in [-0.1, -0.05) is 0 Å². The van der Waals surface area contributed by atoms with Crippen LogP contribution in [0.15, 0.2) is 0 Å². The Morgan fingerprint density at radius 2 is 2.50 bits per heavy atom. The summed E-state index contributed by atoms with van der Waals surface area (Å²) in [5.74, 6) is 0.0509. The van der Waals surface area contributed by atoms with Crippen molar-refractivity contribution in [3.05, 3.63) is 0 Å². The van der Waals surface area contributed by atoms with E-state index in [1.54, 1.807) is 13.0 Å². The normalized spacial score (nSPS) is 7.50. The highest BCUT2D eigenvalue weighted by Crippen LogP contribution is 1.82. The van der Waals surface area contributed by atoms with Gasteiger partial charge in [-0.05, 0) is 6.92 Å². The molecule has 0 spiro atoms. The van der Waals surface area contributed by atoms with Gasteiger partial charge in [-0.15, -0.1) is 0 Å². The van der Waals surface area contributed by atoms with Crippen LogP contribution in [0.1, 0.15) is 13.3 Å². The van der Waals surface area contributed by atoms with Crippen molar-refractivity contribution in [2.24, 2.45) is 0 Å². The summed E-state index contributed by atoms with van der Waals surface area (Å²) in [6.45, 7) is 2.26. The van der Waals surface area contributed by atoms with E-state index in [1.807, 2.05) is 0 Å². The Balaban J connectivity index is 3.23. The van der Waals surface area contributed by atoms with Crippen LogP contribution < -0.4 is 0 Å². The zero-order chi connectivity index (χ0) is 6.41. The van der Waals surface area contributed by atoms with Crippen LogP contribution in [0.25, 0.3) is 0 Å². The van der Waals surface area contributed by atoms with Crippen molar-refractivity contribution in [1.82, 2.24) is 0 Å². The van der Waals surface area contributed by atoms with Crippen molar-refractivity contribution in [1.29, 1.82) is 10.7 Å². The maximum atomic E-state index is 7.99. The summed E-state index contributed by atoms with van der Waals surface area (Å²) < 4.78 is 4.64. The smallest absolute Gasteiger partial charge is 0.194 e. The third-order valence-corrected chi connectivity index (χ3v) is 0.558. The molecular weight excluding hydrogens is 104 g/mol. The molecule has 8 heavy (non-hydrogen) atoms. The number of nitriles is 1. The van der Waals surface area contributed by atoms with Crippen LogP contribution >= 0.6 is 0 Å². The van der Waals surface area contributed by atoms with Gasteiger partial charge in [-0.3, -0.25) is 5.41 Å². The first-order chi connectivity index (χ1) is 3.81. The fourth-order valence-corrected chi connectivity index (χ4v) is 0.297. The molecule has 0 amide bonds. The molecule has 0 rings (SSSR count). The lowest BCUT2D eigenvalue weighted by molar-refractivity contribution is 0.318. The Kier molecular flexibility index (Phi) is 3.59. The molecule has 1 N–H and O–H groups in total. The van der Waals surface area contributed by atoms with Gasteiger partial charge in [-0.25, -0.2) is 0 Å². The number of ether oxygens (including phenoxy) is 1. The van der Waals surface area contributed by atoms with Gasteiger partial charge in [0.1, 0.15) is 6.42 Å². The number of nitrogens with zero attached hydrogens (tertiary/aromatic N) is 1. The van der Waals surface area contributed by atoms with E-state index in [0.717, 1.165) is 0 Å². The third-order valence-electron chi connectivity index (χ3n) is 0.558. The van der Waals surface area contributed by atoms with Crippen LogP contribution in [-0.4, -0.2) is 12.5 Å². The monoisotopic (exact) mass is 112 g/mol. The van der Waals surface area contributed by atoms with Crippen molar-refractivity contribution < 1.29 is 4.74 Å². The summed E-state index contributed by atoms with van der Waals surface area (Å²) in [7, 11) is 0. The van der Waals surface area contributed by atoms with Gasteiger partial charge in [0.15, 0.2) is 5.90 Å². The molecule has 44 valence electrons. The lowest BCUT2D eigenvalue weighted by Gasteiger charge is -1.96. The van der Waals surface area contributed by atoms with Crippen molar-refractivity contribution in [2.75, 3.05) is 6.61 Å². The van der Waals surface area contributed by atoms with Crippen LogP contribution in [0.5, 0.6) is 0 Å². The second-order valence-corrected chi connectivity index (χ2v) is 1.19. The number of nitrogens with one attached hydrogen (secondary N) is 1.